The summed E-state index contributed by atoms with van der Waals surface area (Å²) < 4.78 is 5.00. The van der Waals surface area contributed by atoms with E-state index in [4.69, 9.17) is 16.7 Å². The Bertz CT molecular complexity index is 1360. The molecule has 1 N–H and O–H groups in total. The van der Waals surface area contributed by atoms with Crippen molar-refractivity contribution in [1.82, 2.24) is 10.1 Å². The van der Waals surface area contributed by atoms with Gasteiger partial charge in [0.15, 0.2) is 5.82 Å². The Hall–Kier alpha value is -3.78. The summed E-state index contributed by atoms with van der Waals surface area (Å²) in [6.07, 6.45) is -0.306. The molecule has 1 aliphatic heterocycles. The van der Waals surface area contributed by atoms with Gasteiger partial charge in [-0.15, -0.1) is 0 Å². The number of amides is 1. The Morgan fingerprint density at radius 1 is 1.10 bits per heavy atom. The second kappa shape index (κ2) is 6.68. The second-order valence-electron chi connectivity index (χ2n) is 6.55. The SMILES string of the molecule is O=C1CC([O-])=Nc2c(ccc3ccccc23)N1c1cccc(-c2nc(=S)o[nH]2)c1. The van der Waals surface area contributed by atoms with Gasteiger partial charge in [0.1, 0.15) is 0 Å². The van der Waals surface area contributed by atoms with E-state index in [9.17, 15) is 9.90 Å². The van der Waals surface area contributed by atoms with Crippen LogP contribution in [0.5, 0.6) is 0 Å². The van der Waals surface area contributed by atoms with Crippen molar-refractivity contribution in [2.75, 3.05) is 4.90 Å². The highest BCUT2D eigenvalue weighted by molar-refractivity contribution is 7.71. The summed E-state index contributed by atoms with van der Waals surface area (Å²) in [5.41, 5.74) is 2.34. The molecule has 2 heterocycles. The van der Waals surface area contributed by atoms with Gasteiger partial charge in [-0.25, -0.2) is 5.16 Å². The van der Waals surface area contributed by atoms with Crippen molar-refractivity contribution in [3.63, 3.8) is 0 Å². The van der Waals surface area contributed by atoms with E-state index < -0.39 is 5.90 Å². The molecule has 0 fully saturated rings. The van der Waals surface area contributed by atoms with Crippen LogP contribution in [0.15, 0.2) is 70.2 Å². The summed E-state index contributed by atoms with van der Waals surface area (Å²) in [5.74, 6) is -0.358. The molecule has 0 radical (unpaired) electrons. The molecule has 0 saturated heterocycles. The standard InChI is InChI=1S/C21H14N4O3S/c26-17-11-18(27)25(14-6-3-5-13(10-14)20-23-21(29)28-24-20)16-9-8-12-4-1-2-7-15(12)19(16)22-17/h1-10H,11H2,(H,22,26)(H,23,24,29)/p-1. The highest BCUT2D eigenvalue weighted by Gasteiger charge is 2.25. The Balaban J connectivity index is 1.72. The Morgan fingerprint density at radius 2 is 1.97 bits per heavy atom. The number of aromatic nitrogens is 2. The smallest absolute Gasteiger partial charge is 0.314 e. The molecule has 1 amide bonds. The third-order valence-electron chi connectivity index (χ3n) is 4.72. The van der Waals surface area contributed by atoms with E-state index in [2.05, 4.69) is 15.1 Å². The summed E-state index contributed by atoms with van der Waals surface area (Å²) in [6.45, 7) is 0. The Kier molecular flexibility index (Phi) is 3.99. The Labute approximate surface area is 169 Å². The number of H-pyrrole nitrogens is 1. The number of rotatable bonds is 2. The van der Waals surface area contributed by atoms with E-state index >= 15 is 0 Å². The van der Waals surface area contributed by atoms with Crippen molar-refractivity contribution in [2.45, 2.75) is 6.42 Å². The van der Waals surface area contributed by atoms with Crippen LogP contribution in [0, 0.1) is 4.84 Å². The third-order valence-corrected chi connectivity index (χ3v) is 4.90. The van der Waals surface area contributed by atoms with Crippen LogP contribution < -0.4 is 10.0 Å². The van der Waals surface area contributed by atoms with Gasteiger partial charge in [0.25, 0.3) is 0 Å². The van der Waals surface area contributed by atoms with Gasteiger partial charge in [-0.2, -0.15) is 4.98 Å². The monoisotopic (exact) mass is 401 g/mol. The van der Waals surface area contributed by atoms with E-state index in [0.717, 1.165) is 10.8 Å². The highest BCUT2D eigenvalue weighted by atomic mass is 32.1. The molecule has 29 heavy (non-hydrogen) atoms. The number of aromatic amines is 1. The maximum absolute atomic E-state index is 13.0. The molecule has 0 spiro atoms. The summed E-state index contributed by atoms with van der Waals surface area (Å²) in [4.78, 5) is 22.9. The van der Waals surface area contributed by atoms with Crippen LogP contribution in [0.1, 0.15) is 6.42 Å². The number of nitrogens with zero attached hydrogens (tertiary/aromatic N) is 3. The normalized spacial score (nSPS) is 13.9. The van der Waals surface area contributed by atoms with Gasteiger partial charge in [0.05, 0.1) is 17.8 Å². The molecule has 0 saturated carbocycles. The average molecular weight is 401 g/mol. The van der Waals surface area contributed by atoms with Crippen LogP contribution in [-0.2, 0) is 4.79 Å². The van der Waals surface area contributed by atoms with Crippen LogP contribution >= 0.6 is 12.2 Å². The molecule has 0 aliphatic carbocycles. The lowest BCUT2D eigenvalue weighted by atomic mass is 10.1. The average Bonchev–Trinajstić information content (AvgIpc) is 3.10. The summed E-state index contributed by atoms with van der Waals surface area (Å²) >= 11 is 4.91. The maximum Gasteiger partial charge on any atom is 0.314 e. The number of nitrogens with one attached hydrogen (secondary N) is 1. The van der Waals surface area contributed by atoms with Crippen molar-refractivity contribution in [1.29, 1.82) is 0 Å². The number of aliphatic imine (C=N–C) groups is 1. The number of hydrogen-bond donors (Lipinski definition) is 1. The molecular weight excluding hydrogens is 388 g/mol. The molecule has 0 atom stereocenters. The van der Waals surface area contributed by atoms with Crippen molar-refractivity contribution in [3.05, 3.63) is 65.5 Å². The van der Waals surface area contributed by atoms with Gasteiger partial charge in [0.2, 0.25) is 5.91 Å². The minimum atomic E-state index is -0.466. The molecular formula is C21H13N4O3S-. The van der Waals surface area contributed by atoms with Crippen LogP contribution in [-0.4, -0.2) is 21.9 Å². The number of carbonyl (C=O) groups excluding carboxylic acids is 1. The first-order valence-corrected chi connectivity index (χ1v) is 9.26. The third kappa shape index (κ3) is 2.99. The van der Waals surface area contributed by atoms with Crippen LogP contribution in [0.2, 0.25) is 0 Å². The van der Waals surface area contributed by atoms with Gasteiger partial charge in [-0.3, -0.25) is 14.7 Å². The predicted molar refractivity (Wildman–Crippen MR) is 110 cm³/mol. The minimum Gasteiger partial charge on any atom is -0.861 e. The molecule has 0 bridgehead atoms. The zero-order valence-electron chi connectivity index (χ0n) is 15.0. The Morgan fingerprint density at radius 3 is 2.79 bits per heavy atom. The molecule has 142 valence electrons. The van der Waals surface area contributed by atoms with E-state index in [1.807, 2.05) is 42.5 Å². The lowest BCUT2D eigenvalue weighted by Crippen LogP contribution is -2.30. The fourth-order valence-electron chi connectivity index (χ4n) is 3.48. The van der Waals surface area contributed by atoms with Crippen molar-refractivity contribution in [3.8, 4) is 11.4 Å². The van der Waals surface area contributed by atoms with E-state index in [1.165, 1.54) is 4.90 Å². The summed E-state index contributed by atoms with van der Waals surface area (Å²) in [7, 11) is 0. The second-order valence-corrected chi connectivity index (χ2v) is 6.90. The van der Waals surface area contributed by atoms with Gasteiger partial charge in [-0.05, 0) is 41.7 Å². The summed E-state index contributed by atoms with van der Waals surface area (Å²) in [5, 5.41) is 16.7. The minimum absolute atomic E-state index is 0.0949. The maximum atomic E-state index is 13.0. The fraction of sp³-hybridized carbons (Fsp3) is 0.0476. The van der Waals surface area contributed by atoms with Gasteiger partial charge < -0.3 is 9.63 Å². The van der Waals surface area contributed by atoms with Crippen molar-refractivity contribution < 1.29 is 14.4 Å². The number of fused-ring (bicyclic) bond motifs is 3. The van der Waals surface area contributed by atoms with E-state index in [-0.39, 0.29) is 17.2 Å². The zero-order chi connectivity index (χ0) is 20.0. The summed E-state index contributed by atoms with van der Waals surface area (Å²) in [6, 6.07) is 18.6. The topological polar surface area (TPSA) is 97.6 Å². The fourth-order valence-corrected chi connectivity index (χ4v) is 3.61. The molecule has 0 unspecified atom stereocenters. The number of carbonyl (C=O) groups is 1. The molecule has 7 nitrogen and oxygen atoms in total. The lowest BCUT2D eigenvalue weighted by Gasteiger charge is -2.24. The first kappa shape index (κ1) is 17.3. The molecule has 1 aliphatic rings. The number of benzene rings is 3. The van der Waals surface area contributed by atoms with Crippen LogP contribution in [0.4, 0.5) is 17.1 Å². The zero-order valence-corrected chi connectivity index (χ0v) is 15.8. The number of hydrogen-bond acceptors (Lipinski definition) is 6. The largest absolute Gasteiger partial charge is 0.861 e. The van der Waals surface area contributed by atoms with Crippen LogP contribution in [0.3, 0.4) is 0 Å². The first-order valence-electron chi connectivity index (χ1n) is 8.85. The molecule has 1 aromatic heterocycles. The van der Waals surface area contributed by atoms with Gasteiger partial charge >= 0.3 is 4.84 Å². The van der Waals surface area contributed by atoms with Crippen molar-refractivity contribution >= 4 is 51.9 Å². The quantitative estimate of drug-likeness (QED) is 0.512. The highest BCUT2D eigenvalue weighted by Crippen LogP contribution is 2.42. The lowest BCUT2D eigenvalue weighted by molar-refractivity contribution is -0.218. The number of anilines is 2. The molecule has 8 heteroatoms. The van der Waals surface area contributed by atoms with E-state index in [1.54, 1.807) is 18.2 Å². The van der Waals surface area contributed by atoms with Gasteiger partial charge in [0, 0.05) is 16.6 Å². The van der Waals surface area contributed by atoms with Crippen molar-refractivity contribution in [2.24, 2.45) is 4.99 Å². The van der Waals surface area contributed by atoms with Crippen LogP contribution in [0.25, 0.3) is 22.2 Å². The molecule has 4 aromatic rings. The van der Waals surface area contributed by atoms with Gasteiger partial charge in [-0.1, -0.05) is 42.5 Å². The van der Waals surface area contributed by atoms with E-state index in [0.29, 0.717) is 28.5 Å². The molecule has 3 aromatic carbocycles. The first-order chi connectivity index (χ1) is 14.1. The molecule has 5 rings (SSSR count). The predicted octanol–water partition coefficient (Wildman–Crippen LogP) is 4.01.